The molecule has 0 spiro atoms. The summed E-state index contributed by atoms with van der Waals surface area (Å²) in [6.07, 6.45) is 8.51. The highest BCUT2D eigenvalue weighted by Crippen LogP contribution is 2.44. The lowest BCUT2D eigenvalue weighted by Crippen LogP contribution is -2.17. The van der Waals surface area contributed by atoms with Crippen molar-refractivity contribution in [2.24, 2.45) is 5.92 Å². The average Bonchev–Trinajstić information content (AvgIpc) is 3.40. The quantitative estimate of drug-likeness (QED) is 0.471. The van der Waals surface area contributed by atoms with Crippen LogP contribution < -0.4 is 0 Å². The number of fused-ring (bicyclic) bond motifs is 2. The number of carbonyl (C=O) groups excluding carboxylic acids is 1. The van der Waals surface area contributed by atoms with E-state index in [0.29, 0.717) is 12.2 Å². The van der Waals surface area contributed by atoms with Crippen LogP contribution >= 0.6 is 0 Å². The molecule has 0 N–H and O–H groups in total. The summed E-state index contributed by atoms with van der Waals surface area (Å²) in [6, 6.07) is 22.2. The van der Waals surface area contributed by atoms with Crippen molar-refractivity contribution in [3.8, 4) is 0 Å². The Morgan fingerprint density at radius 1 is 0.931 bits per heavy atom. The minimum absolute atomic E-state index is 0.000586. The molecular weight excluding hydrogens is 352 g/mol. The van der Waals surface area contributed by atoms with Gasteiger partial charge in [-0.05, 0) is 70.7 Å². The predicted molar refractivity (Wildman–Crippen MR) is 121 cm³/mol. The molecule has 1 nitrogen and oxygen atoms in total. The number of carbonyl (C=O) groups is 1. The second-order valence-corrected chi connectivity index (χ2v) is 8.69. The molecule has 29 heavy (non-hydrogen) atoms. The number of Topliss-reactive ketones (excluding diaryl/α,β-unsaturated/α-hetero) is 1. The maximum absolute atomic E-state index is 13.0. The summed E-state index contributed by atoms with van der Waals surface area (Å²) in [5.41, 5.74) is 6.99. The first-order valence-corrected chi connectivity index (χ1v) is 11.1. The summed E-state index contributed by atoms with van der Waals surface area (Å²) in [5, 5.41) is 2.52. The summed E-state index contributed by atoms with van der Waals surface area (Å²) < 4.78 is 0. The molecule has 0 saturated heterocycles. The van der Waals surface area contributed by atoms with Gasteiger partial charge in [0.2, 0.25) is 0 Å². The molecule has 0 bridgehead atoms. The molecule has 2 aliphatic rings. The monoisotopic (exact) mass is 380 g/mol. The van der Waals surface area contributed by atoms with Gasteiger partial charge in [-0.3, -0.25) is 4.79 Å². The summed E-state index contributed by atoms with van der Waals surface area (Å²) in [7, 11) is 0. The third-order valence-electron chi connectivity index (χ3n) is 6.79. The highest BCUT2D eigenvalue weighted by molar-refractivity contribution is 5.89. The van der Waals surface area contributed by atoms with Gasteiger partial charge in [-0.2, -0.15) is 0 Å². The van der Waals surface area contributed by atoms with E-state index in [-0.39, 0.29) is 11.8 Å². The first-order valence-electron chi connectivity index (χ1n) is 11.1. The predicted octanol–water partition coefficient (Wildman–Crippen LogP) is 6.88. The molecule has 0 amide bonds. The largest absolute Gasteiger partial charge is 0.299 e. The molecule has 1 unspecified atom stereocenters. The molecular formula is C28H28O. The molecule has 0 aromatic heterocycles. The van der Waals surface area contributed by atoms with Crippen molar-refractivity contribution >= 4 is 22.1 Å². The molecule has 2 atom stereocenters. The maximum atomic E-state index is 13.0. The number of hydrogen-bond acceptors (Lipinski definition) is 1. The molecule has 146 valence electrons. The highest BCUT2D eigenvalue weighted by atomic mass is 16.1. The average molecular weight is 381 g/mol. The molecule has 0 fully saturated rings. The number of allylic oxidation sites excluding steroid dienone is 2. The van der Waals surface area contributed by atoms with E-state index in [1.54, 1.807) is 0 Å². The van der Waals surface area contributed by atoms with Crippen LogP contribution in [-0.4, -0.2) is 5.78 Å². The van der Waals surface area contributed by atoms with Gasteiger partial charge in [-0.25, -0.2) is 0 Å². The Morgan fingerprint density at radius 3 is 2.62 bits per heavy atom. The van der Waals surface area contributed by atoms with Gasteiger partial charge in [0.05, 0.1) is 0 Å². The molecule has 0 heterocycles. The zero-order valence-corrected chi connectivity index (χ0v) is 17.2. The van der Waals surface area contributed by atoms with E-state index in [1.807, 2.05) is 0 Å². The van der Waals surface area contributed by atoms with Crippen molar-refractivity contribution < 1.29 is 4.79 Å². The van der Waals surface area contributed by atoms with E-state index in [1.165, 1.54) is 57.9 Å². The number of rotatable bonds is 5. The first kappa shape index (κ1) is 18.4. The Kier molecular flexibility index (Phi) is 4.83. The van der Waals surface area contributed by atoms with E-state index >= 15 is 0 Å². The van der Waals surface area contributed by atoms with E-state index < -0.39 is 0 Å². The Morgan fingerprint density at radius 2 is 1.76 bits per heavy atom. The fourth-order valence-corrected chi connectivity index (χ4v) is 5.24. The van der Waals surface area contributed by atoms with Gasteiger partial charge in [-0.1, -0.05) is 73.7 Å². The van der Waals surface area contributed by atoms with Gasteiger partial charge >= 0.3 is 0 Å². The molecule has 5 rings (SSSR count). The van der Waals surface area contributed by atoms with Crippen molar-refractivity contribution in [2.45, 2.75) is 51.4 Å². The van der Waals surface area contributed by atoms with Gasteiger partial charge in [0.1, 0.15) is 5.78 Å². The van der Waals surface area contributed by atoms with Gasteiger partial charge in [0.25, 0.3) is 0 Å². The number of benzene rings is 3. The Bertz CT molecular complexity index is 1100. The van der Waals surface area contributed by atoms with Crippen LogP contribution in [0, 0.1) is 5.92 Å². The van der Waals surface area contributed by atoms with E-state index in [2.05, 4.69) is 73.7 Å². The molecule has 3 aromatic carbocycles. The molecule has 1 heteroatoms. The molecule has 0 aliphatic heterocycles. The van der Waals surface area contributed by atoms with Gasteiger partial charge in [0.15, 0.2) is 0 Å². The van der Waals surface area contributed by atoms with Crippen molar-refractivity contribution in [1.29, 1.82) is 0 Å². The summed E-state index contributed by atoms with van der Waals surface area (Å²) >= 11 is 0. The lowest BCUT2D eigenvalue weighted by Gasteiger charge is -2.19. The fraction of sp³-hybridized carbons (Fsp3) is 0.321. The minimum atomic E-state index is -0.000586. The third kappa shape index (κ3) is 3.44. The second kappa shape index (κ2) is 7.63. The smallest absolute Gasteiger partial charge is 0.140 e. The van der Waals surface area contributed by atoms with E-state index in [4.69, 9.17) is 0 Å². The number of hydrogen-bond donors (Lipinski definition) is 0. The Labute approximate surface area is 173 Å². The summed E-state index contributed by atoms with van der Waals surface area (Å²) in [6.45, 7) is 2.10. The van der Waals surface area contributed by atoms with Gasteiger partial charge < -0.3 is 0 Å². The van der Waals surface area contributed by atoms with Crippen LogP contribution in [0.3, 0.4) is 0 Å². The van der Waals surface area contributed by atoms with Crippen LogP contribution in [0.5, 0.6) is 0 Å². The van der Waals surface area contributed by atoms with Crippen LogP contribution in [0.15, 0.2) is 66.7 Å². The topological polar surface area (TPSA) is 17.1 Å². The zero-order valence-electron chi connectivity index (χ0n) is 17.2. The maximum Gasteiger partial charge on any atom is 0.140 e. The van der Waals surface area contributed by atoms with Crippen LogP contribution in [0.4, 0.5) is 0 Å². The van der Waals surface area contributed by atoms with E-state index in [0.717, 1.165) is 12.8 Å². The van der Waals surface area contributed by atoms with Crippen molar-refractivity contribution in [3.05, 3.63) is 89.0 Å². The number of aryl methyl sites for hydroxylation is 2. The zero-order chi connectivity index (χ0) is 19.8. The first-order chi connectivity index (χ1) is 14.2. The van der Waals surface area contributed by atoms with Crippen LogP contribution in [0.25, 0.3) is 16.3 Å². The lowest BCUT2D eigenvalue weighted by atomic mass is 9.83. The lowest BCUT2D eigenvalue weighted by molar-refractivity contribution is -0.121. The van der Waals surface area contributed by atoms with Crippen molar-refractivity contribution in [2.75, 3.05) is 0 Å². The van der Waals surface area contributed by atoms with Crippen LogP contribution in [0.2, 0.25) is 0 Å². The summed E-state index contributed by atoms with van der Waals surface area (Å²) in [4.78, 5) is 13.0. The van der Waals surface area contributed by atoms with Crippen LogP contribution in [-0.2, 0) is 17.6 Å². The SMILES string of the molecule is CCCC(=O)C1C=C(c2ccc3c(c2)CCC3)C[C@H]1c1ccc2ccccc2c1. The molecule has 0 saturated carbocycles. The highest BCUT2D eigenvalue weighted by Gasteiger charge is 2.34. The van der Waals surface area contributed by atoms with E-state index in [9.17, 15) is 4.79 Å². The Balaban J connectivity index is 1.51. The minimum Gasteiger partial charge on any atom is -0.299 e. The summed E-state index contributed by atoms with van der Waals surface area (Å²) in [5.74, 6) is 0.642. The fourth-order valence-electron chi connectivity index (χ4n) is 5.24. The molecule has 3 aromatic rings. The Hall–Kier alpha value is -2.67. The van der Waals surface area contributed by atoms with Crippen LogP contribution in [0.1, 0.15) is 60.8 Å². The third-order valence-corrected chi connectivity index (χ3v) is 6.79. The molecule has 0 radical (unpaired) electrons. The second-order valence-electron chi connectivity index (χ2n) is 8.69. The van der Waals surface area contributed by atoms with Gasteiger partial charge in [0, 0.05) is 18.3 Å². The number of ketones is 1. The molecule has 2 aliphatic carbocycles. The normalized spacial score (nSPS) is 20.7. The standard InChI is InChI=1S/C28H28O/c1-2-6-28(29)27-18-25(23-13-11-20-9-5-10-22(20)15-23)17-26(27)24-14-12-19-7-3-4-8-21(19)16-24/h3-4,7-8,11-16,18,26-27H,2,5-6,9-10,17H2,1H3/t26-,27?/m0/s1. The van der Waals surface area contributed by atoms with Gasteiger partial charge in [-0.15, -0.1) is 0 Å². The van der Waals surface area contributed by atoms with Crippen molar-refractivity contribution in [1.82, 2.24) is 0 Å². The van der Waals surface area contributed by atoms with Crippen molar-refractivity contribution in [3.63, 3.8) is 0 Å².